The lowest BCUT2D eigenvalue weighted by atomic mass is 10.1. The van der Waals surface area contributed by atoms with Gasteiger partial charge in [-0.1, -0.05) is 96.3 Å². The highest BCUT2D eigenvalue weighted by Gasteiger charge is 2.13. The molecular weight excluding hydrogens is 420 g/mol. The molecule has 1 aromatic rings. The van der Waals surface area contributed by atoms with Gasteiger partial charge in [0.25, 0.3) is 10.1 Å². The summed E-state index contributed by atoms with van der Waals surface area (Å²) in [5.74, 6) is 0. The third-order valence-electron chi connectivity index (χ3n) is 5.50. The van der Waals surface area contributed by atoms with Crippen molar-refractivity contribution in [3.8, 4) is 0 Å². The highest BCUT2D eigenvalue weighted by molar-refractivity contribution is 7.86. The molecule has 1 heterocycles. The van der Waals surface area contributed by atoms with E-state index in [2.05, 4.69) is 43.1 Å². The number of unbranched alkanes of at least 4 members (excludes halogenated alkanes) is 10. The smallest absolute Gasteiger partial charge is 0.296 e. The molecule has 5 nitrogen and oxygen atoms in total. The summed E-state index contributed by atoms with van der Waals surface area (Å²) in [4.78, 5) is 4.76. The maximum absolute atomic E-state index is 11.9. The molecule has 0 aliphatic carbocycles. The van der Waals surface area contributed by atoms with Crippen LogP contribution >= 0.6 is 0 Å². The van der Waals surface area contributed by atoms with Crippen LogP contribution in [0.4, 0.5) is 0 Å². The van der Waals surface area contributed by atoms with E-state index in [-0.39, 0.29) is 11.5 Å². The molecule has 0 saturated heterocycles. The number of rotatable bonds is 16. The summed E-state index contributed by atoms with van der Waals surface area (Å²) in [6.07, 6.45) is 19.1. The topological polar surface area (TPSA) is 49.9 Å². The number of nitrogens with zero attached hydrogens (tertiary/aromatic N) is 2. The molecule has 0 bridgehead atoms. The normalized spacial score (nSPS) is 13.3. The van der Waals surface area contributed by atoms with Gasteiger partial charge >= 0.3 is 0 Å². The Bertz CT molecular complexity index is 692. The van der Waals surface area contributed by atoms with Gasteiger partial charge in [0.1, 0.15) is 0 Å². The lowest BCUT2D eigenvalue weighted by Crippen LogP contribution is -2.23. The fraction of sp³-hybridized carbons (Fsp3) is 0.692. The van der Waals surface area contributed by atoms with Crippen molar-refractivity contribution in [2.45, 2.75) is 95.8 Å². The molecular formula is C26H46N2O3S. The molecule has 0 saturated carbocycles. The third-order valence-corrected chi connectivity index (χ3v) is 6.83. The highest BCUT2D eigenvalue weighted by Crippen LogP contribution is 2.14. The second-order valence-corrected chi connectivity index (χ2v) is 10.2. The molecule has 0 N–H and O–H groups in total. The second kappa shape index (κ2) is 18.0. The Kier molecular flexibility index (Phi) is 16.0. The summed E-state index contributed by atoms with van der Waals surface area (Å²) >= 11 is 0. The molecule has 1 aliphatic rings. The van der Waals surface area contributed by atoms with Gasteiger partial charge in [-0.3, -0.25) is 4.18 Å². The predicted molar refractivity (Wildman–Crippen MR) is 135 cm³/mol. The number of hydrogen-bond acceptors (Lipinski definition) is 5. The molecule has 0 fully saturated rings. The SMILES string of the molecule is CCCCCCCCCCCCOS(=O)(=O)c1ccccc1.CCCCN1C=CN(C)C1. The maximum Gasteiger partial charge on any atom is 0.296 e. The molecule has 1 aliphatic heterocycles. The van der Waals surface area contributed by atoms with E-state index < -0.39 is 10.1 Å². The molecule has 0 unspecified atom stereocenters. The van der Waals surface area contributed by atoms with Crippen molar-refractivity contribution in [1.82, 2.24) is 9.80 Å². The van der Waals surface area contributed by atoms with Crippen LogP contribution in [0, 0.1) is 0 Å². The summed E-state index contributed by atoms with van der Waals surface area (Å²) in [6.45, 7) is 7.02. The van der Waals surface area contributed by atoms with Crippen LogP contribution in [0.15, 0.2) is 47.6 Å². The van der Waals surface area contributed by atoms with Crippen molar-refractivity contribution in [3.63, 3.8) is 0 Å². The zero-order chi connectivity index (χ0) is 23.5. The van der Waals surface area contributed by atoms with E-state index in [0.717, 1.165) is 19.5 Å². The van der Waals surface area contributed by atoms with Crippen LogP contribution in [0.2, 0.25) is 0 Å². The van der Waals surface area contributed by atoms with E-state index in [1.54, 1.807) is 30.3 Å². The van der Waals surface area contributed by atoms with Gasteiger partial charge in [0.05, 0.1) is 18.2 Å². The Morgan fingerprint density at radius 3 is 1.88 bits per heavy atom. The maximum atomic E-state index is 11.9. The van der Waals surface area contributed by atoms with Crippen molar-refractivity contribution in [3.05, 3.63) is 42.7 Å². The average Bonchev–Trinajstić information content (AvgIpc) is 3.22. The third kappa shape index (κ3) is 13.8. The van der Waals surface area contributed by atoms with E-state index >= 15 is 0 Å². The quantitative estimate of drug-likeness (QED) is 0.199. The van der Waals surface area contributed by atoms with Crippen LogP contribution < -0.4 is 0 Å². The Hall–Kier alpha value is -1.53. The van der Waals surface area contributed by atoms with Gasteiger partial charge in [-0.15, -0.1) is 0 Å². The van der Waals surface area contributed by atoms with Crippen LogP contribution in [-0.2, 0) is 14.3 Å². The zero-order valence-electron chi connectivity index (χ0n) is 20.7. The average molecular weight is 467 g/mol. The lowest BCUT2D eigenvalue weighted by molar-refractivity contribution is 0.293. The van der Waals surface area contributed by atoms with Gasteiger partial charge in [0.2, 0.25) is 0 Å². The fourth-order valence-electron chi connectivity index (χ4n) is 3.51. The van der Waals surface area contributed by atoms with E-state index in [1.165, 1.54) is 70.8 Å². The first-order chi connectivity index (χ1) is 15.5. The van der Waals surface area contributed by atoms with E-state index in [1.807, 2.05) is 0 Å². The first-order valence-corrected chi connectivity index (χ1v) is 14.0. The van der Waals surface area contributed by atoms with E-state index in [4.69, 9.17) is 4.18 Å². The summed E-state index contributed by atoms with van der Waals surface area (Å²) in [7, 11) is -1.47. The van der Waals surface area contributed by atoms with Gasteiger partial charge in [0, 0.05) is 26.0 Å². The molecule has 1 aromatic carbocycles. The Balaban J connectivity index is 0.000000425. The van der Waals surface area contributed by atoms with Crippen molar-refractivity contribution >= 4 is 10.1 Å². The lowest BCUT2D eigenvalue weighted by Gasteiger charge is -2.17. The Morgan fingerprint density at radius 1 is 0.781 bits per heavy atom. The summed E-state index contributed by atoms with van der Waals surface area (Å²) < 4.78 is 28.8. The van der Waals surface area contributed by atoms with Crippen LogP contribution in [0.25, 0.3) is 0 Å². The standard InChI is InChI=1S/C18H30O3S.C8H16N2/c1-2-3-4-5-6-7-8-9-10-14-17-21-22(19,20)18-15-12-11-13-16-18;1-3-4-5-10-7-6-9(2)8-10/h11-13,15-16H,2-10,14,17H2,1H3;6-7H,3-5,8H2,1-2H3. The van der Waals surface area contributed by atoms with Crippen molar-refractivity contribution < 1.29 is 12.6 Å². The molecule has 0 aromatic heterocycles. The minimum atomic E-state index is -3.57. The Morgan fingerprint density at radius 2 is 1.34 bits per heavy atom. The predicted octanol–water partition coefficient (Wildman–Crippen LogP) is 6.78. The molecule has 0 radical (unpaired) electrons. The molecule has 6 heteroatoms. The minimum Gasteiger partial charge on any atom is -0.362 e. The van der Waals surface area contributed by atoms with Gasteiger partial charge < -0.3 is 9.80 Å². The second-order valence-electron chi connectivity index (χ2n) is 8.63. The monoisotopic (exact) mass is 466 g/mol. The molecule has 0 amide bonds. The molecule has 0 spiro atoms. The van der Waals surface area contributed by atoms with Crippen LogP contribution in [0.3, 0.4) is 0 Å². The zero-order valence-corrected chi connectivity index (χ0v) is 21.5. The van der Waals surface area contributed by atoms with Crippen molar-refractivity contribution in [2.24, 2.45) is 0 Å². The van der Waals surface area contributed by atoms with E-state index in [0.29, 0.717) is 0 Å². The minimum absolute atomic E-state index is 0.238. The van der Waals surface area contributed by atoms with Gasteiger partial charge in [0.15, 0.2) is 0 Å². The van der Waals surface area contributed by atoms with Crippen LogP contribution in [0.1, 0.15) is 90.9 Å². The van der Waals surface area contributed by atoms with Crippen LogP contribution in [-0.4, -0.2) is 45.1 Å². The summed E-state index contributed by atoms with van der Waals surface area (Å²) in [5, 5.41) is 0. The first-order valence-electron chi connectivity index (χ1n) is 12.6. The summed E-state index contributed by atoms with van der Waals surface area (Å²) in [6, 6.07) is 8.33. The van der Waals surface area contributed by atoms with Gasteiger partial charge in [-0.25, -0.2) is 0 Å². The van der Waals surface area contributed by atoms with Crippen molar-refractivity contribution in [2.75, 3.05) is 26.9 Å². The van der Waals surface area contributed by atoms with Gasteiger partial charge in [-0.2, -0.15) is 8.42 Å². The molecule has 2 rings (SSSR count). The number of hydrogen-bond donors (Lipinski definition) is 0. The molecule has 0 atom stereocenters. The van der Waals surface area contributed by atoms with Gasteiger partial charge in [-0.05, 0) is 25.0 Å². The van der Waals surface area contributed by atoms with E-state index in [9.17, 15) is 8.42 Å². The Labute approximate surface area is 198 Å². The largest absolute Gasteiger partial charge is 0.362 e. The summed E-state index contributed by atoms with van der Waals surface area (Å²) in [5.41, 5.74) is 0. The fourth-order valence-corrected chi connectivity index (χ4v) is 4.47. The molecule has 32 heavy (non-hydrogen) atoms. The van der Waals surface area contributed by atoms with Crippen LogP contribution in [0.5, 0.6) is 0 Å². The first kappa shape index (κ1) is 28.5. The van der Waals surface area contributed by atoms with Crippen molar-refractivity contribution in [1.29, 1.82) is 0 Å². The molecule has 184 valence electrons. The highest BCUT2D eigenvalue weighted by atomic mass is 32.2. The number of benzene rings is 1.